The monoisotopic (exact) mass is 129 g/mol. The Kier molecular flexibility index (Phi) is 4.10. The van der Waals surface area contributed by atoms with Gasteiger partial charge >= 0.3 is 5.97 Å². The van der Waals surface area contributed by atoms with Crippen LogP contribution in [-0.2, 0) is 9.90 Å². The molecule has 0 aliphatic heterocycles. The Balaban J connectivity index is 3.01. The van der Waals surface area contributed by atoms with Crippen molar-refractivity contribution in [2.45, 2.75) is 33.1 Å². The lowest BCUT2D eigenvalue weighted by Crippen LogP contribution is -1.94. The largest absolute Gasteiger partial charge is 0.355 e. The molecule has 0 atom stereocenters. The van der Waals surface area contributed by atoms with Crippen LogP contribution < -0.4 is 0 Å². The van der Waals surface area contributed by atoms with E-state index in [0.29, 0.717) is 5.92 Å². The van der Waals surface area contributed by atoms with E-state index in [1.165, 1.54) is 0 Å². The van der Waals surface area contributed by atoms with Crippen LogP contribution >= 0.6 is 0 Å². The maximum Gasteiger partial charge on any atom is 0.355 e. The van der Waals surface area contributed by atoms with Gasteiger partial charge in [0, 0.05) is 0 Å². The molecule has 0 bridgehead atoms. The molecule has 0 aromatic heterocycles. The van der Waals surface area contributed by atoms with Crippen molar-refractivity contribution in [3.05, 3.63) is 0 Å². The van der Waals surface area contributed by atoms with Crippen molar-refractivity contribution in [1.82, 2.24) is 0 Å². The lowest BCUT2D eigenvalue weighted by atomic mass is 10.1. The zero-order chi connectivity index (χ0) is 7.28. The summed E-state index contributed by atoms with van der Waals surface area (Å²) in [5, 5.41) is 9.87. The third kappa shape index (κ3) is 7.47. The van der Waals surface area contributed by atoms with Crippen molar-refractivity contribution in [3.8, 4) is 0 Å². The van der Waals surface area contributed by atoms with E-state index in [9.17, 15) is 9.90 Å². The summed E-state index contributed by atoms with van der Waals surface area (Å²) in [6, 6.07) is 0. The van der Waals surface area contributed by atoms with Gasteiger partial charge in [-0.25, -0.2) is 9.90 Å². The van der Waals surface area contributed by atoms with Crippen molar-refractivity contribution < 1.29 is 9.90 Å². The number of hydrogen-bond acceptors (Lipinski definition) is 1. The summed E-state index contributed by atoms with van der Waals surface area (Å²) < 4.78 is 0. The predicted molar refractivity (Wildman–Crippen MR) is 34.4 cm³/mol. The molecule has 0 saturated carbocycles. The fourth-order valence-corrected chi connectivity index (χ4v) is 0.655. The van der Waals surface area contributed by atoms with Crippen molar-refractivity contribution in [2.75, 3.05) is 0 Å². The highest BCUT2D eigenvalue weighted by Gasteiger charge is 1.99. The summed E-state index contributed by atoms with van der Waals surface area (Å²) in [5.74, 6) is -0.333. The van der Waals surface area contributed by atoms with Crippen LogP contribution in [0.5, 0.6) is 0 Å². The highest BCUT2D eigenvalue weighted by atomic mass is 16.4. The summed E-state index contributed by atoms with van der Waals surface area (Å²) in [6.07, 6.45) is 1.94. The molecule has 1 radical (unpaired) electrons. The second-order valence-electron chi connectivity index (χ2n) is 2.66. The van der Waals surface area contributed by atoms with Gasteiger partial charge in [-0.1, -0.05) is 20.3 Å². The molecule has 0 heterocycles. The molecule has 0 spiro atoms. The first-order chi connectivity index (χ1) is 4.13. The highest BCUT2D eigenvalue weighted by Crippen LogP contribution is 2.05. The maximum atomic E-state index is 9.87. The molecule has 2 nitrogen and oxygen atoms in total. The molecule has 53 valence electrons. The number of rotatable bonds is 4. The van der Waals surface area contributed by atoms with Crippen LogP contribution in [0.4, 0.5) is 0 Å². The predicted octanol–water partition coefficient (Wildman–Crippen LogP) is 1.77. The van der Waals surface area contributed by atoms with Gasteiger partial charge < -0.3 is 0 Å². The first-order valence-corrected chi connectivity index (χ1v) is 3.32. The zero-order valence-corrected chi connectivity index (χ0v) is 6.02. The molecule has 0 rings (SSSR count). The average molecular weight is 129 g/mol. The average Bonchev–Trinajstić information content (AvgIpc) is 1.63. The molecular formula is C7H13O2. The van der Waals surface area contributed by atoms with Crippen LogP contribution in [0.2, 0.25) is 0 Å². The quantitative estimate of drug-likeness (QED) is 0.570. The van der Waals surface area contributed by atoms with Gasteiger partial charge in [0.05, 0.1) is 6.42 Å². The van der Waals surface area contributed by atoms with E-state index in [0.717, 1.165) is 12.8 Å². The molecule has 0 aliphatic carbocycles. The Morgan fingerprint density at radius 1 is 1.44 bits per heavy atom. The summed E-state index contributed by atoms with van der Waals surface area (Å²) in [5.41, 5.74) is 0. The molecule has 0 unspecified atom stereocenters. The first-order valence-electron chi connectivity index (χ1n) is 3.32. The second-order valence-corrected chi connectivity index (χ2v) is 2.66. The first kappa shape index (κ1) is 8.47. The summed E-state index contributed by atoms with van der Waals surface area (Å²) >= 11 is 0. The van der Waals surface area contributed by atoms with E-state index in [1.54, 1.807) is 0 Å². The smallest absolute Gasteiger partial charge is 0.247 e. The summed E-state index contributed by atoms with van der Waals surface area (Å²) in [6.45, 7) is 4.16. The fourth-order valence-electron chi connectivity index (χ4n) is 0.655. The van der Waals surface area contributed by atoms with Gasteiger partial charge in [-0.2, -0.15) is 0 Å². The summed E-state index contributed by atoms with van der Waals surface area (Å²) in [7, 11) is 0. The lowest BCUT2D eigenvalue weighted by Gasteiger charge is -1.99. The summed E-state index contributed by atoms with van der Waals surface area (Å²) in [4.78, 5) is 9.87. The van der Waals surface area contributed by atoms with Gasteiger partial charge in [0.25, 0.3) is 0 Å². The Bertz CT molecular complexity index is 86.9. The Morgan fingerprint density at radius 2 is 2.00 bits per heavy atom. The minimum absolute atomic E-state index is 0.207. The minimum Gasteiger partial charge on any atom is -0.247 e. The van der Waals surface area contributed by atoms with E-state index in [1.807, 2.05) is 0 Å². The zero-order valence-electron chi connectivity index (χ0n) is 6.02. The molecule has 0 aromatic carbocycles. The van der Waals surface area contributed by atoms with Crippen LogP contribution in [-0.4, -0.2) is 5.97 Å². The van der Waals surface area contributed by atoms with E-state index in [2.05, 4.69) is 13.8 Å². The molecule has 0 fully saturated rings. The van der Waals surface area contributed by atoms with Crippen LogP contribution in [0, 0.1) is 5.92 Å². The Morgan fingerprint density at radius 3 is 2.33 bits per heavy atom. The number of carbonyl (C=O) groups is 1. The standard InChI is InChI=1S/C7H13O2/c1-6(2)4-3-5-7(8)9/h6H,3-5H2,1-2H3. The van der Waals surface area contributed by atoms with Crippen LogP contribution in [0.3, 0.4) is 0 Å². The Hall–Kier alpha value is -0.530. The van der Waals surface area contributed by atoms with Crippen molar-refractivity contribution >= 4 is 5.97 Å². The third-order valence-electron chi connectivity index (χ3n) is 1.16. The normalized spacial score (nSPS) is 10.1. The minimum atomic E-state index is -0.935. The van der Waals surface area contributed by atoms with Crippen LogP contribution in [0.15, 0.2) is 0 Å². The Labute approximate surface area is 55.9 Å². The second kappa shape index (κ2) is 4.36. The highest BCUT2D eigenvalue weighted by molar-refractivity contribution is 5.66. The molecule has 0 saturated heterocycles. The SMILES string of the molecule is CC(C)CCCC([O])=O. The van der Waals surface area contributed by atoms with Crippen LogP contribution in [0.25, 0.3) is 0 Å². The number of hydrogen-bond donors (Lipinski definition) is 0. The molecule has 0 aromatic rings. The topological polar surface area (TPSA) is 37.0 Å². The van der Waals surface area contributed by atoms with Crippen molar-refractivity contribution in [3.63, 3.8) is 0 Å². The molecular weight excluding hydrogens is 116 g/mol. The molecule has 0 amide bonds. The maximum absolute atomic E-state index is 9.87. The van der Waals surface area contributed by atoms with Gasteiger partial charge in [-0.3, -0.25) is 0 Å². The molecule has 0 aliphatic rings. The van der Waals surface area contributed by atoms with Gasteiger partial charge in [0.1, 0.15) is 0 Å². The fraction of sp³-hybridized carbons (Fsp3) is 0.857. The molecule has 9 heavy (non-hydrogen) atoms. The van der Waals surface area contributed by atoms with Gasteiger partial charge in [0.15, 0.2) is 0 Å². The van der Waals surface area contributed by atoms with Gasteiger partial charge in [-0.05, 0) is 12.3 Å². The van der Waals surface area contributed by atoms with Crippen LogP contribution in [0.1, 0.15) is 33.1 Å². The number of carbonyl (C=O) groups excluding carboxylic acids is 1. The van der Waals surface area contributed by atoms with E-state index >= 15 is 0 Å². The van der Waals surface area contributed by atoms with Crippen molar-refractivity contribution in [1.29, 1.82) is 0 Å². The molecule has 2 heteroatoms. The van der Waals surface area contributed by atoms with E-state index in [-0.39, 0.29) is 6.42 Å². The van der Waals surface area contributed by atoms with E-state index < -0.39 is 5.97 Å². The van der Waals surface area contributed by atoms with Gasteiger partial charge in [-0.15, -0.1) is 0 Å². The molecule has 0 N–H and O–H groups in total. The third-order valence-corrected chi connectivity index (χ3v) is 1.16. The van der Waals surface area contributed by atoms with Crippen molar-refractivity contribution in [2.24, 2.45) is 5.92 Å². The van der Waals surface area contributed by atoms with E-state index in [4.69, 9.17) is 0 Å². The van der Waals surface area contributed by atoms with Gasteiger partial charge in [0.2, 0.25) is 0 Å². The lowest BCUT2D eigenvalue weighted by molar-refractivity contribution is -0.143.